The summed E-state index contributed by atoms with van der Waals surface area (Å²) in [4.78, 5) is 26.1. The van der Waals surface area contributed by atoms with Gasteiger partial charge in [0, 0.05) is 44.7 Å². The molecular weight excluding hydrogens is 332 g/mol. The Bertz CT molecular complexity index is 657. The van der Waals surface area contributed by atoms with E-state index in [-0.39, 0.29) is 5.91 Å². The highest BCUT2D eigenvalue weighted by atomic mass is 16.7. The van der Waals surface area contributed by atoms with Crippen molar-refractivity contribution in [1.29, 1.82) is 0 Å². The first-order valence-electron chi connectivity index (χ1n) is 9.72. The normalized spacial score (nSPS) is 23.6. The number of likely N-dealkylation sites (tertiary alicyclic amines) is 1. The van der Waals surface area contributed by atoms with Crippen molar-refractivity contribution in [3.05, 3.63) is 17.5 Å². The van der Waals surface area contributed by atoms with Crippen LogP contribution in [0, 0.1) is 12.8 Å². The Morgan fingerprint density at radius 3 is 2.42 bits per heavy atom. The average Bonchev–Trinajstić information content (AvgIpc) is 3.10. The minimum atomic E-state index is -0.413. The lowest BCUT2D eigenvalue weighted by Crippen LogP contribution is -2.46. The second-order valence-corrected chi connectivity index (χ2v) is 7.76. The van der Waals surface area contributed by atoms with Crippen LogP contribution in [0.3, 0.4) is 0 Å². The van der Waals surface area contributed by atoms with E-state index < -0.39 is 5.79 Å². The summed E-state index contributed by atoms with van der Waals surface area (Å²) in [6.45, 7) is 8.71. The van der Waals surface area contributed by atoms with E-state index in [4.69, 9.17) is 9.47 Å². The van der Waals surface area contributed by atoms with E-state index in [0.717, 1.165) is 57.6 Å². The van der Waals surface area contributed by atoms with Crippen LogP contribution in [0.15, 0.2) is 6.07 Å². The molecule has 1 aromatic rings. The van der Waals surface area contributed by atoms with Crippen LogP contribution in [0.25, 0.3) is 0 Å². The first-order chi connectivity index (χ1) is 12.5. The highest BCUT2D eigenvalue weighted by molar-refractivity contribution is 5.92. The van der Waals surface area contributed by atoms with E-state index in [2.05, 4.69) is 21.8 Å². The third-order valence-corrected chi connectivity index (χ3v) is 5.75. The molecule has 26 heavy (non-hydrogen) atoms. The lowest BCUT2D eigenvalue weighted by molar-refractivity contribution is -0.169. The predicted octanol–water partition coefficient (Wildman–Crippen LogP) is 2.00. The van der Waals surface area contributed by atoms with Gasteiger partial charge in [0.25, 0.3) is 5.91 Å². The third kappa shape index (κ3) is 3.55. The second kappa shape index (κ2) is 7.12. The summed E-state index contributed by atoms with van der Waals surface area (Å²) in [7, 11) is 0. The van der Waals surface area contributed by atoms with Crippen LogP contribution >= 0.6 is 0 Å². The molecule has 0 aromatic carbocycles. The van der Waals surface area contributed by atoms with Crippen LogP contribution in [-0.2, 0) is 9.47 Å². The largest absolute Gasteiger partial charge is 0.347 e. The molecule has 3 aliphatic rings. The van der Waals surface area contributed by atoms with E-state index in [9.17, 15) is 4.79 Å². The van der Waals surface area contributed by atoms with Crippen molar-refractivity contribution in [2.24, 2.45) is 5.92 Å². The van der Waals surface area contributed by atoms with Crippen molar-refractivity contribution in [3.63, 3.8) is 0 Å². The summed E-state index contributed by atoms with van der Waals surface area (Å²) in [6, 6.07) is 1.80. The van der Waals surface area contributed by atoms with Crippen molar-refractivity contribution in [2.75, 3.05) is 44.3 Å². The van der Waals surface area contributed by atoms with Gasteiger partial charge in [-0.15, -0.1) is 0 Å². The monoisotopic (exact) mass is 360 g/mol. The summed E-state index contributed by atoms with van der Waals surface area (Å²) < 4.78 is 11.6. The summed E-state index contributed by atoms with van der Waals surface area (Å²) in [6.07, 6.45) is 3.74. The number of hydrogen-bond acceptors (Lipinski definition) is 6. The van der Waals surface area contributed by atoms with Crippen LogP contribution in [0.2, 0.25) is 0 Å². The molecule has 1 amide bonds. The Labute approximate surface area is 154 Å². The van der Waals surface area contributed by atoms with Gasteiger partial charge in [0.2, 0.25) is 5.95 Å². The number of hydrogen-bond donors (Lipinski definition) is 0. The van der Waals surface area contributed by atoms with Gasteiger partial charge in [-0.3, -0.25) is 4.79 Å². The zero-order chi connectivity index (χ0) is 18.1. The zero-order valence-electron chi connectivity index (χ0n) is 15.7. The molecule has 0 radical (unpaired) electrons. The van der Waals surface area contributed by atoms with E-state index in [1.807, 2.05) is 11.8 Å². The molecule has 4 heterocycles. The summed E-state index contributed by atoms with van der Waals surface area (Å²) in [5, 5.41) is 0. The number of rotatable bonds is 2. The Hall–Kier alpha value is -1.73. The number of carbonyl (C=O) groups is 1. The molecule has 4 rings (SSSR count). The van der Waals surface area contributed by atoms with Crippen LogP contribution in [0.5, 0.6) is 0 Å². The molecule has 3 aliphatic heterocycles. The molecule has 0 bridgehead atoms. The van der Waals surface area contributed by atoms with E-state index in [1.165, 1.54) is 0 Å². The summed E-state index contributed by atoms with van der Waals surface area (Å²) in [5.41, 5.74) is 1.34. The maximum absolute atomic E-state index is 12.9. The van der Waals surface area contributed by atoms with Crippen molar-refractivity contribution in [1.82, 2.24) is 14.9 Å². The van der Waals surface area contributed by atoms with Crippen LogP contribution in [0.4, 0.5) is 5.95 Å². The van der Waals surface area contributed by atoms with Crippen LogP contribution in [0.1, 0.15) is 48.8 Å². The topological polar surface area (TPSA) is 67.8 Å². The minimum absolute atomic E-state index is 0.0274. The molecular formula is C19H28N4O3. The average molecular weight is 360 g/mol. The Balaban J connectivity index is 1.47. The first-order valence-corrected chi connectivity index (χ1v) is 9.72. The molecule has 3 saturated heterocycles. The molecule has 7 heteroatoms. The number of anilines is 1. The smallest absolute Gasteiger partial charge is 0.272 e. The molecule has 142 valence electrons. The molecule has 3 fully saturated rings. The Morgan fingerprint density at radius 1 is 1.12 bits per heavy atom. The zero-order valence-corrected chi connectivity index (χ0v) is 15.7. The van der Waals surface area contributed by atoms with E-state index >= 15 is 0 Å². The maximum atomic E-state index is 12.9. The molecule has 7 nitrogen and oxygen atoms in total. The molecule has 0 unspecified atom stereocenters. The van der Waals surface area contributed by atoms with E-state index in [1.54, 1.807) is 6.07 Å². The number of aromatic nitrogens is 2. The Morgan fingerprint density at radius 2 is 1.77 bits per heavy atom. The van der Waals surface area contributed by atoms with Gasteiger partial charge < -0.3 is 19.3 Å². The highest BCUT2D eigenvalue weighted by Crippen LogP contribution is 2.32. The van der Waals surface area contributed by atoms with Gasteiger partial charge in [0.15, 0.2) is 5.79 Å². The van der Waals surface area contributed by atoms with E-state index in [0.29, 0.717) is 30.8 Å². The summed E-state index contributed by atoms with van der Waals surface area (Å²) >= 11 is 0. The molecule has 0 N–H and O–H groups in total. The van der Waals surface area contributed by atoms with Crippen LogP contribution in [-0.4, -0.2) is 66.0 Å². The van der Waals surface area contributed by atoms with Crippen LogP contribution < -0.4 is 4.90 Å². The van der Waals surface area contributed by atoms with Gasteiger partial charge in [-0.2, -0.15) is 0 Å². The van der Waals surface area contributed by atoms with Gasteiger partial charge in [-0.1, -0.05) is 6.92 Å². The van der Waals surface area contributed by atoms with Gasteiger partial charge in [-0.25, -0.2) is 9.97 Å². The fourth-order valence-corrected chi connectivity index (χ4v) is 4.01. The molecule has 0 aliphatic carbocycles. The molecule has 0 saturated carbocycles. The van der Waals surface area contributed by atoms with Gasteiger partial charge in [-0.05, 0) is 31.7 Å². The predicted molar refractivity (Wildman–Crippen MR) is 97.2 cm³/mol. The third-order valence-electron chi connectivity index (χ3n) is 5.75. The van der Waals surface area contributed by atoms with Crippen molar-refractivity contribution >= 4 is 11.9 Å². The maximum Gasteiger partial charge on any atom is 0.272 e. The number of carbonyl (C=O) groups excluding carboxylic acids is 1. The van der Waals surface area contributed by atoms with Gasteiger partial charge >= 0.3 is 0 Å². The SMILES string of the molecule is Cc1cc(C(=O)N2CCC(C)CC2)nc(N2CCC3(CC2)OCCO3)n1. The molecule has 0 atom stereocenters. The quantitative estimate of drug-likeness (QED) is 0.804. The first kappa shape index (κ1) is 17.7. The second-order valence-electron chi connectivity index (χ2n) is 7.76. The summed E-state index contributed by atoms with van der Waals surface area (Å²) in [5.74, 6) is 0.956. The van der Waals surface area contributed by atoms with Crippen molar-refractivity contribution in [3.8, 4) is 0 Å². The highest BCUT2D eigenvalue weighted by Gasteiger charge is 2.40. The minimum Gasteiger partial charge on any atom is -0.347 e. The van der Waals surface area contributed by atoms with Crippen molar-refractivity contribution in [2.45, 2.75) is 45.3 Å². The molecule has 1 aromatic heterocycles. The number of piperidine rings is 2. The Kier molecular flexibility index (Phi) is 4.84. The fourth-order valence-electron chi connectivity index (χ4n) is 4.01. The standard InChI is InChI=1S/C19H28N4O3/c1-14-3-7-22(8-4-14)17(24)16-13-15(2)20-18(21-16)23-9-5-19(6-10-23)25-11-12-26-19/h13-14H,3-12H2,1-2H3. The number of nitrogens with zero attached hydrogens (tertiary/aromatic N) is 4. The van der Waals surface area contributed by atoms with Gasteiger partial charge in [0.05, 0.1) is 13.2 Å². The lowest BCUT2D eigenvalue weighted by Gasteiger charge is -2.37. The number of aryl methyl sites for hydroxylation is 1. The van der Waals surface area contributed by atoms with Gasteiger partial charge in [0.1, 0.15) is 5.69 Å². The molecule has 1 spiro atoms. The van der Waals surface area contributed by atoms with Crippen molar-refractivity contribution < 1.29 is 14.3 Å². The lowest BCUT2D eigenvalue weighted by atomic mass is 9.99. The number of amides is 1. The fraction of sp³-hybridized carbons (Fsp3) is 0.737. The number of ether oxygens (including phenoxy) is 2.